The van der Waals surface area contributed by atoms with Gasteiger partial charge in [-0.3, -0.25) is 0 Å². The summed E-state index contributed by atoms with van der Waals surface area (Å²) in [6, 6.07) is 0. The Morgan fingerprint density at radius 3 is 2.39 bits per heavy atom. The first kappa shape index (κ1) is 31.8. The molecule has 2 N–H and O–H groups in total. The van der Waals surface area contributed by atoms with Gasteiger partial charge in [-0.15, -0.1) is 0 Å². The predicted octanol–water partition coefficient (Wildman–Crippen LogP) is 9.12. The zero-order chi connectivity index (χ0) is 28.7. The van der Waals surface area contributed by atoms with Gasteiger partial charge < -0.3 is 14.6 Å². The molecule has 3 rings (SSSR count). The fraction of sp³-hybridized carbons (Fsp3) is 0.824. The number of fused-ring (bicyclic) bond motifs is 1. The van der Waals surface area contributed by atoms with Crippen LogP contribution in [0.3, 0.4) is 0 Å². The van der Waals surface area contributed by atoms with Crippen LogP contribution in [0.1, 0.15) is 120 Å². The van der Waals surface area contributed by atoms with Crippen LogP contribution in [0.25, 0.3) is 0 Å². The molecule has 0 aromatic heterocycles. The fourth-order valence-electron chi connectivity index (χ4n) is 7.83. The van der Waals surface area contributed by atoms with E-state index in [0.29, 0.717) is 23.7 Å². The maximum atomic E-state index is 11.0. The third-order valence-corrected chi connectivity index (χ3v) is 15.6. The molecule has 38 heavy (non-hydrogen) atoms. The fourth-order valence-corrected chi connectivity index (χ4v) is 9.52. The molecule has 0 bridgehead atoms. The number of allylic oxidation sites excluding steroid dienone is 3. The Morgan fingerprint density at radius 1 is 1.13 bits per heavy atom. The number of aliphatic hydroxyl groups is 2. The minimum Gasteiger partial charge on any atom is -0.411 e. The maximum Gasteiger partial charge on any atom is 0.192 e. The smallest absolute Gasteiger partial charge is 0.192 e. The van der Waals surface area contributed by atoms with E-state index in [4.69, 9.17) is 4.43 Å². The van der Waals surface area contributed by atoms with Crippen LogP contribution in [-0.4, -0.2) is 35.8 Å². The van der Waals surface area contributed by atoms with E-state index in [1.807, 2.05) is 13.8 Å². The second-order valence-corrected chi connectivity index (χ2v) is 20.7. The summed E-state index contributed by atoms with van der Waals surface area (Å²) in [5, 5.41) is 21.3. The van der Waals surface area contributed by atoms with Gasteiger partial charge in [-0.1, -0.05) is 71.8 Å². The van der Waals surface area contributed by atoms with Gasteiger partial charge in [0.25, 0.3) is 0 Å². The Balaban J connectivity index is 1.77. The van der Waals surface area contributed by atoms with Gasteiger partial charge in [0, 0.05) is 12.8 Å². The Morgan fingerprint density at radius 2 is 1.79 bits per heavy atom. The predicted molar refractivity (Wildman–Crippen MR) is 165 cm³/mol. The minimum absolute atomic E-state index is 0.137. The van der Waals surface area contributed by atoms with Crippen LogP contribution < -0.4 is 0 Å². The van der Waals surface area contributed by atoms with Gasteiger partial charge in [0.15, 0.2) is 8.32 Å². The Hall–Kier alpha value is -0.683. The van der Waals surface area contributed by atoms with Crippen LogP contribution in [0.4, 0.5) is 0 Å². The Kier molecular flexibility index (Phi) is 9.47. The van der Waals surface area contributed by atoms with Crippen molar-refractivity contribution in [3.8, 4) is 0 Å². The SMILES string of the molecule is C=C1C(=CC=C2CCC[C@@]3(C)C2CCC3[C@@H](C)CCCC(C)(C)O)C[C@@](C)(O[Si](C)(C)C(C)(C)C)C[C@H]1O. The second-order valence-electron chi connectivity index (χ2n) is 15.9. The average molecular weight is 545 g/mol. The molecule has 3 saturated carbocycles. The minimum atomic E-state index is -1.96. The molecule has 0 amide bonds. The molecule has 0 heterocycles. The van der Waals surface area contributed by atoms with E-state index in [2.05, 4.69) is 73.4 Å². The van der Waals surface area contributed by atoms with Crippen molar-refractivity contribution in [3.05, 3.63) is 35.5 Å². The van der Waals surface area contributed by atoms with Crippen LogP contribution in [0.5, 0.6) is 0 Å². The molecule has 6 atom stereocenters. The van der Waals surface area contributed by atoms with Crippen molar-refractivity contribution in [1.29, 1.82) is 0 Å². The zero-order valence-corrected chi connectivity index (χ0v) is 27.5. The number of rotatable bonds is 8. The molecule has 2 unspecified atom stereocenters. The molecule has 4 heteroatoms. The standard InChI is InChI=1S/C34H60O3Si/c1-24(14-12-20-32(6,7)36)28-18-19-29-26(15-13-21-34(28,29)9)16-17-27-22-33(8,23-30(35)25(27)2)37-38(10,11)31(3,4)5/h16-17,24,28-30,35-36H,2,12-15,18-23H2,1,3-11H3/t24-,28?,29?,30+,33+,34+/m0/s1. The van der Waals surface area contributed by atoms with Crippen LogP contribution in [0.2, 0.25) is 18.1 Å². The summed E-state index contributed by atoms with van der Waals surface area (Å²) < 4.78 is 6.91. The first-order valence-corrected chi connectivity index (χ1v) is 18.4. The lowest BCUT2D eigenvalue weighted by Crippen LogP contribution is -2.51. The summed E-state index contributed by atoms with van der Waals surface area (Å²) in [4.78, 5) is 0. The lowest BCUT2D eigenvalue weighted by atomic mass is 9.60. The van der Waals surface area contributed by atoms with Gasteiger partial charge in [0.2, 0.25) is 0 Å². The van der Waals surface area contributed by atoms with Crippen LogP contribution in [0, 0.1) is 23.2 Å². The Labute approximate surface area is 236 Å². The number of aliphatic hydroxyl groups excluding tert-OH is 1. The summed E-state index contributed by atoms with van der Waals surface area (Å²) >= 11 is 0. The molecule has 3 nitrogen and oxygen atoms in total. The highest BCUT2D eigenvalue weighted by Gasteiger charge is 2.50. The first-order chi connectivity index (χ1) is 17.3. The largest absolute Gasteiger partial charge is 0.411 e. The molecule has 0 radical (unpaired) electrons. The lowest BCUT2D eigenvalue weighted by Gasteiger charge is -2.47. The van der Waals surface area contributed by atoms with E-state index in [0.717, 1.165) is 30.8 Å². The summed E-state index contributed by atoms with van der Waals surface area (Å²) in [7, 11) is -1.96. The third-order valence-electron chi connectivity index (χ3n) is 11.0. The van der Waals surface area contributed by atoms with Gasteiger partial charge in [-0.2, -0.15) is 0 Å². The zero-order valence-electron chi connectivity index (χ0n) is 26.5. The topological polar surface area (TPSA) is 49.7 Å². The van der Waals surface area contributed by atoms with E-state index in [-0.39, 0.29) is 10.6 Å². The highest BCUT2D eigenvalue weighted by molar-refractivity contribution is 6.74. The van der Waals surface area contributed by atoms with E-state index < -0.39 is 20.0 Å². The van der Waals surface area contributed by atoms with Crippen molar-refractivity contribution >= 4 is 8.32 Å². The van der Waals surface area contributed by atoms with Crippen LogP contribution in [0.15, 0.2) is 35.5 Å². The molecule has 0 aromatic carbocycles. The van der Waals surface area contributed by atoms with E-state index in [9.17, 15) is 10.2 Å². The van der Waals surface area contributed by atoms with Crippen LogP contribution in [-0.2, 0) is 4.43 Å². The molecule has 0 saturated heterocycles. The average Bonchev–Trinajstić information content (AvgIpc) is 3.10. The molecular formula is C34H60O3Si. The van der Waals surface area contributed by atoms with E-state index in [1.54, 1.807) is 5.57 Å². The summed E-state index contributed by atoms with van der Waals surface area (Å²) in [6.07, 6.45) is 15.2. The first-order valence-electron chi connectivity index (χ1n) is 15.5. The molecule has 0 spiro atoms. The van der Waals surface area contributed by atoms with Gasteiger partial charge in [0.05, 0.1) is 17.3 Å². The van der Waals surface area contributed by atoms with E-state index >= 15 is 0 Å². The molecule has 3 aliphatic rings. The second kappa shape index (κ2) is 11.3. The highest BCUT2D eigenvalue weighted by atomic mass is 28.4. The molecule has 218 valence electrons. The molecule has 3 fully saturated rings. The number of hydrogen-bond donors (Lipinski definition) is 2. The molecular weight excluding hydrogens is 484 g/mol. The van der Waals surface area contributed by atoms with Gasteiger partial charge >= 0.3 is 0 Å². The van der Waals surface area contributed by atoms with Crippen molar-refractivity contribution in [2.45, 2.75) is 155 Å². The van der Waals surface area contributed by atoms with Crippen LogP contribution >= 0.6 is 0 Å². The van der Waals surface area contributed by atoms with Gasteiger partial charge in [-0.25, -0.2) is 0 Å². The van der Waals surface area contributed by atoms with E-state index in [1.165, 1.54) is 44.1 Å². The van der Waals surface area contributed by atoms with Gasteiger partial charge in [0.1, 0.15) is 0 Å². The summed E-state index contributed by atoms with van der Waals surface area (Å²) in [5.74, 6) is 2.12. The molecule has 3 aliphatic carbocycles. The van der Waals surface area contributed by atoms with Crippen molar-refractivity contribution in [2.75, 3.05) is 0 Å². The lowest BCUT2D eigenvalue weighted by molar-refractivity contribution is 0.0139. The monoisotopic (exact) mass is 544 g/mol. The number of hydrogen-bond acceptors (Lipinski definition) is 3. The third kappa shape index (κ3) is 7.14. The van der Waals surface area contributed by atoms with Gasteiger partial charge in [-0.05, 0) is 112 Å². The summed E-state index contributed by atoms with van der Waals surface area (Å²) in [5.41, 5.74) is 3.11. The van der Waals surface area contributed by atoms with Crippen molar-refractivity contribution in [1.82, 2.24) is 0 Å². The quantitative estimate of drug-likeness (QED) is 0.300. The normalized spacial score (nSPS) is 36.1. The summed E-state index contributed by atoms with van der Waals surface area (Å²) in [6.45, 7) is 26.9. The highest BCUT2D eigenvalue weighted by Crippen LogP contribution is 2.60. The maximum absolute atomic E-state index is 11.0. The van der Waals surface area contributed by atoms with Crippen molar-refractivity contribution < 1.29 is 14.6 Å². The Bertz CT molecular complexity index is 917. The van der Waals surface area contributed by atoms with Crippen molar-refractivity contribution in [2.24, 2.45) is 23.2 Å². The molecule has 0 aliphatic heterocycles. The molecule has 0 aromatic rings. The van der Waals surface area contributed by atoms with Crippen molar-refractivity contribution in [3.63, 3.8) is 0 Å².